The number of alkyl halides is 3. The summed E-state index contributed by atoms with van der Waals surface area (Å²) in [6, 6.07) is 1.41. The minimum Gasteiger partial charge on any atom is -0.477 e. The van der Waals surface area contributed by atoms with Gasteiger partial charge in [0, 0.05) is 5.33 Å². The molecule has 0 aromatic carbocycles. The first kappa shape index (κ1) is 12.0. The summed E-state index contributed by atoms with van der Waals surface area (Å²) in [6.07, 6.45) is -2.77. The molecule has 6 heteroatoms. The maximum absolute atomic E-state index is 12.5. The van der Waals surface area contributed by atoms with Crippen LogP contribution >= 0.6 is 15.9 Å². The van der Waals surface area contributed by atoms with Crippen LogP contribution in [0.3, 0.4) is 0 Å². The molecular formula is C9H8BrF2NO2. The Kier molecular flexibility index (Phi) is 3.73. The number of aryl methyl sites for hydroxylation is 1. The predicted molar refractivity (Wildman–Crippen MR) is 53.5 cm³/mol. The average molecular weight is 280 g/mol. The summed E-state index contributed by atoms with van der Waals surface area (Å²) in [5, 5.41) is 8.94. The van der Waals surface area contributed by atoms with Crippen LogP contribution in [0.1, 0.15) is 33.7 Å². The Morgan fingerprint density at radius 3 is 2.67 bits per heavy atom. The monoisotopic (exact) mass is 279 g/mol. The normalized spacial score (nSPS) is 10.7. The lowest BCUT2D eigenvalue weighted by atomic mass is 10.1. The third-order valence-corrected chi connectivity index (χ3v) is 2.48. The maximum Gasteiger partial charge on any atom is 0.354 e. The smallest absolute Gasteiger partial charge is 0.354 e. The lowest BCUT2D eigenvalue weighted by Gasteiger charge is -2.08. The number of halogens is 3. The van der Waals surface area contributed by atoms with Crippen LogP contribution < -0.4 is 0 Å². The highest BCUT2D eigenvalue weighted by Gasteiger charge is 2.19. The molecule has 1 aromatic heterocycles. The third kappa shape index (κ3) is 2.50. The van der Waals surface area contributed by atoms with Crippen molar-refractivity contribution in [3.63, 3.8) is 0 Å². The van der Waals surface area contributed by atoms with Gasteiger partial charge in [-0.15, -0.1) is 0 Å². The van der Waals surface area contributed by atoms with E-state index in [0.29, 0.717) is 11.1 Å². The van der Waals surface area contributed by atoms with Crippen LogP contribution in [-0.4, -0.2) is 16.1 Å². The molecule has 15 heavy (non-hydrogen) atoms. The van der Waals surface area contributed by atoms with E-state index in [1.165, 1.54) is 13.0 Å². The van der Waals surface area contributed by atoms with E-state index in [0.717, 1.165) is 0 Å². The molecule has 0 aliphatic rings. The zero-order valence-corrected chi connectivity index (χ0v) is 9.38. The second kappa shape index (κ2) is 4.65. The Morgan fingerprint density at radius 1 is 1.67 bits per heavy atom. The fourth-order valence-electron chi connectivity index (χ4n) is 1.20. The van der Waals surface area contributed by atoms with Crippen molar-refractivity contribution in [1.29, 1.82) is 0 Å². The van der Waals surface area contributed by atoms with E-state index in [1.807, 2.05) is 0 Å². The number of nitrogens with zero attached hydrogens (tertiary/aromatic N) is 1. The summed E-state index contributed by atoms with van der Waals surface area (Å²) in [5.74, 6) is -1.30. The molecule has 82 valence electrons. The fourth-order valence-corrected chi connectivity index (χ4v) is 1.65. The molecule has 0 aliphatic heterocycles. The largest absolute Gasteiger partial charge is 0.477 e. The van der Waals surface area contributed by atoms with E-state index in [9.17, 15) is 13.6 Å². The maximum atomic E-state index is 12.5. The van der Waals surface area contributed by atoms with Gasteiger partial charge in [-0.3, -0.25) is 0 Å². The molecule has 0 amide bonds. The van der Waals surface area contributed by atoms with E-state index in [4.69, 9.17) is 5.11 Å². The molecule has 0 atom stereocenters. The summed E-state index contributed by atoms with van der Waals surface area (Å²) in [5.41, 5.74) is -0.112. The van der Waals surface area contributed by atoms with Crippen LogP contribution in [0.4, 0.5) is 8.78 Å². The number of carboxylic acids is 1. The van der Waals surface area contributed by atoms with Crippen molar-refractivity contribution in [3.8, 4) is 0 Å². The van der Waals surface area contributed by atoms with Crippen molar-refractivity contribution < 1.29 is 18.7 Å². The van der Waals surface area contributed by atoms with Crippen LogP contribution in [0, 0.1) is 6.92 Å². The molecule has 0 aliphatic carbocycles. The van der Waals surface area contributed by atoms with Crippen molar-refractivity contribution in [1.82, 2.24) is 4.98 Å². The fraction of sp³-hybridized carbons (Fsp3) is 0.333. The van der Waals surface area contributed by atoms with Gasteiger partial charge in [-0.25, -0.2) is 18.6 Å². The van der Waals surface area contributed by atoms with E-state index in [2.05, 4.69) is 20.9 Å². The number of carboxylic acid groups (broad SMARTS) is 1. The van der Waals surface area contributed by atoms with Crippen LogP contribution in [-0.2, 0) is 5.33 Å². The summed E-state index contributed by atoms with van der Waals surface area (Å²) in [7, 11) is 0. The van der Waals surface area contributed by atoms with Crippen LogP contribution in [0.5, 0.6) is 0 Å². The summed E-state index contributed by atoms with van der Waals surface area (Å²) in [6.45, 7) is 1.53. The van der Waals surface area contributed by atoms with Crippen LogP contribution in [0.2, 0.25) is 0 Å². The minimum absolute atomic E-state index is 0.223. The zero-order chi connectivity index (χ0) is 11.6. The SMILES string of the molecule is Cc1cc(CBr)c(C(F)F)nc1C(=O)O. The van der Waals surface area contributed by atoms with Crippen LogP contribution in [0.25, 0.3) is 0 Å². The van der Waals surface area contributed by atoms with Gasteiger partial charge in [0.05, 0.1) is 0 Å². The first-order valence-corrected chi connectivity index (χ1v) is 5.17. The quantitative estimate of drug-likeness (QED) is 0.866. The highest BCUT2D eigenvalue weighted by atomic mass is 79.9. The molecular weight excluding hydrogens is 272 g/mol. The summed E-state index contributed by atoms with van der Waals surface area (Å²) < 4.78 is 25.0. The number of pyridine rings is 1. The number of aromatic nitrogens is 1. The molecule has 3 nitrogen and oxygen atoms in total. The second-order valence-corrected chi connectivity index (χ2v) is 3.50. The van der Waals surface area contributed by atoms with Gasteiger partial charge in [0.15, 0.2) is 5.69 Å². The standard InChI is InChI=1S/C9H8BrF2NO2/c1-4-2-5(3-10)7(8(11)12)13-6(4)9(14)15/h2,8H,3H2,1H3,(H,14,15). The Balaban J connectivity index is 3.37. The number of carbonyl (C=O) groups is 1. The molecule has 1 heterocycles. The molecule has 0 unspecified atom stereocenters. The average Bonchev–Trinajstić information content (AvgIpc) is 2.16. The van der Waals surface area contributed by atoms with Gasteiger partial charge in [-0.2, -0.15) is 0 Å². The van der Waals surface area contributed by atoms with Gasteiger partial charge in [0.1, 0.15) is 5.69 Å². The minimum atomic E-state index is -2.77. The van der Waals surface area contributed by atoms with Gasteiger partial charge in [-0.1, -0.05) is 22.0 Å². The topological polar surface area (TPSA) is 50.2 Å². The van der Waals surface area contributed by atoms with E-state index < -0.39 is 18.1 Å². The lowest BCUT2D eigenvalue weighted by Crippen LogP contribution is -2.08. The number of rotatable bonds is 3. The van der Waals surface area contributed by atoms with Gasteiger partial charge in [-0.05, 0) is 18.1 Å². The highest BCUT2D eigenvalue weighted by Crippen LogP contribution is 2.24. The molecule has 0 saturated carbocycles. The zero-order valence-electron chi connectivity index (χ0n) is 7.80. The molecule has 0 fully saturated rings. The molecule has 1 rings (SSSR count). The molecule has 0 bridgehead atoms. The lowest BCUT2D eigenvalue weighted by molar-refractivity contribution is 0.0687. The Morgan fingerprint density at radius 2 is 2.27 bits per heavy atom. The van der Waals surface area contributed by atoms with E-state index >= 15 is 0 Å². The van der Waals surface area contributed by atoms with Crippen molar-refractivity contribution in [2.75, 3.05) is 0 Å². The summed E-state index contributed by atoms with van der Waals surface area (Å²) >= 11 is 3.05. The van der Waals surface area contributed by atoms with Gasteiger partial charge in [0.25, 0.3) is 6.43 Å². The molecule has 1 N–H and O–H groups in total. The van der Waals surface area contributed by atoms with Crippen molar-refractivity contribution in [2.45, 2.75) is 18.7 Å². The molecule has 0 spiro atoms. The predicted octanol–water partition coefficient (Wildman–Crippen LogP) is 2.92. The molecule has 0 radical (unpaired) electrons. The van der Waals surface area contributed by atoms with E-state index in [1.54, 1.807) is 0 Å². The number of hydrogen-bond donors (Lipinski definition) is 1. The van der Waals surface area contributed by atoms with Crippen LogP contribution in [0.15, 0.2) is 6.07 Å². The first-order chi connectivity index (χ1) is 6.97. The van der Waals surface area contributed by atoms with Gasteiger partial charge >= 0.3 is 5.97 Å². The van der Waals surface area contributed by atoms with Crippen molar-refractivity contribution in [2.24, 2.45) is 0 Å². The summed E-state index contributed by atoms with van der Waals surface area (Å²) in [4.78, 5) is 14.1. The second-order valence-electron chi connectivity index (χ2n) is 2.94. The van der Waals surface area contributed by atoms with E-state index in [-0.39, 0.29) is 11.0 Å². The number of hydrogen-bond acceptors (Lipinski definition) is 2. The van der Waals surface area contributed by atoms with Crippen molar-refractivity contribution >= 4 is 21.9 Å². The van der Waals surface area contributed by atoms with Gasteiger partial charge in [0.2, 0.25) is 0 Å². The molecule has 1 aromatic rings. The Labute approximate surface area is 93.3 Å². The molecule has 0 saturated heterocycles. The van der Waals surface area contributed by atoms with Gasteiger partial charge < -0.3 is 5.11 Å². The highest BCUT2D eigenvalue weighted by molar-refractivity contribution is 9.08. The number of aromatic carboxylic acids is 1. The third-order valence-electron chi connectivity index (χ3n) is 1.88. The Bertz CT molecular complexity index is 396. The first-order valence-electron chi connectivity index (χ1n) is 4.05. The van der Waals surface area contributed by atoms with Crippen molar-refractivity contribution in [3.05, 3.63) is 28.6 Å². The Hall–Kier alpha value is -1.04.